The summed E-state index contributed by atoms with van der Waals surface area (Å²) in [5.74, 6) is 0. The van der Waals surface area contributed by atoms with Crippen molar-refractivity contribution in [2.45, 2.75) is 74.0 Å². The van der Waals surface area contributed by atoms with Crippen molar-refractivity contribution in [3.05, 3.63) is 0 Å². The Morgan fingerprint density at radius 3 is 1.56 bits per heavy atom. The van der Waals surface area contributed by atoms with E-state index in [4.69, 9.17) is 9.78 Å². The Morgan fingerprint density at radius 1 is 0.875 bits per heavy atom. The molecular weight excluding hydrogens is 200 g/mol. The zero-order chi connectivity index (χ0) is 12.6. The van der Waals surface area contributed by atoms with Crippen LogP contribution < -0.4 is 0 Å². The third kappa shape index (κ3) is 2.60. The minimum Gasteiger partial charge on any atom is -0.198 e. The molecule has 2 nitrogen and oxygen atoms in total. The fourth-order valence-electron chi connectivity index (χ4n) is 3.41. The average Bonchev–Trinajstić information content (AvgIpc) is 2.82. The molecule has 0 aromatic heterocycles. The largest absolute Gasteiger partial charge is 0.225 e. The second-order valence-electron chi connectivity index (χ2n) is 7.16. The van der Waals surface area contributed by atoms with Crippen molar-refractivity contribution in [1.82, 2.24) is 0 Å². The monoisotopic (exact) mass is 228 g/mol. The van der Waals surface area contributed by atoms with Gasteiger partial charge in [-0.1, -0.05) is 54.9 Å². The molecule has 0 saturated carbocycles. The quantitative estimate of drug-likeness (QED) is 0.521. The molecule has 1 rings (SSSR count). The third-order valence-electron chi connectivity index (χ3n) is 4.30. The van der Waals surface area contributed by atoms with Crippen LogP contribution in [0.25, 0.3) is 0 Å². The first-order chi connectivity index (χ1) is 7.14. The van der Waals surface area contributed by atoms with Gasteiger partial charge in [0, 0.05) is 6.42 Å². The minimum atomic E-state index is 0.0324. The van der Waals surface area contributed by atoms with Gasteiger partial charge < -0.3 is 0 Å². The second kappa shape index (κ2) is 4.30. The van der Waals surface area contributed by atoms with Crippen LogP contribution in [0.4, 0.5) is 0 Å². The highest BCUT2D eigenvalue weighted by Crippen LogP contribution is 2.58. The summed E-state index contributed by atoms with van der Waals surface area (Å²) in [5.41, 5.74) is 0.781. The molecule has 1 aliphatic rings. The lowest BCUT2D eigenvalue weighted by molar-refractivity contribution is -0.0550. The predicted octanol–water partition coefficient (Wildman–Crippen LogP) is 4.54. The van der Waals surface area contributed by atoms with Gasteiger partial charge in [0.05, 0.1) is 0 Å². The molecule has 0 spiro atoms. The van der Waals surface area contributed by atoms with Crippen LogP contribution in [0.15, 0.2) is 0 Å². The Bertz CT molecular complexity index is 214. The summed E-state index contributed by atoms with van der Waals surface area (Å²) in [4.78, 5) is 10.0. The summed E-state index contributed by atoms with van der Waals surface area (Å²) in [5, 5.41) is 0. The van der Waals surface area contributed by atoms with E-state index in [1.807, 2.05) is 0 Å². The lowest BCUT2D eigenvalue weighted by atomic mass is 9.51. The molecule has 16 heavy (non-hydrogen) atoms. The van der Waals surface area contributed by atoms with E-state index in [1.165, 1.54) is 12.8 Å². The van der Waals surface area contributed by atoms with Crippen LogP contribution in [0.3, 0.4) is 0 Å². The molecule has 2 heteroatoms. The summed E-state index contributed by atoms with van der Waals surface area (Å²) in [6.45, 7) is 16.3. The Labute approximate surface area is 101 Å². The highest BCUT2D eigenvalue weighted by molar-refractivity contribution is 4.99. The zero-order valence-electron chi connectivity index (χ0n) is 12.0. The molecule has 96 valence electrons. The molecule has 0 aliphatic carbocycles. The number of hydrogen-bond donors (Lipinski definition) is 0. The predicted molar refractivity (Wildman–Crippen MR) is 66.8 cm³/mol. The van der Waals surface area contributed by atoms with Gasteiger partial charge in [0.1, 0.15) is 0 Å². The van der Waals surface area contributed by atoms with Gasteiger partial charge in [0.25, 0.3) is 0 Å². The standard InChI is InChI=1S/C14H28O2/c1-8-9-14(12(2,3)4,13(5,6)7)10-11-15-16-11/h11H,8-10H2,1-7H3. The van der Waals surface area contributed by atoms with Crippen molar-refractivity contribution in [2.75, 3.05) is 0 Å². The molecule has 0 radical (unpaired) electrons. The fourth-order valence-corrected chi connectivity index (χ4v) is 3.41. The van der Waals surface area contributed by atoms with Gasteiger partial charge in [-0.2, -0.15) is 9.78 Å². The van der Waals surface area contributed by atoms with Crippen LogP contribution >= 0.6 is 0 Å². The van der Waals surface area contributed by atoms with Gasteiger partial charge in [-0.25, -0.2) is 0 Å². The molecule has 1 heterocycles. The number of hydrogen-bond acceptors (Lipinski definition) is 2. The smallest absolute Gasteiger partial charge is 0.198 e. The molecule has 0 N–H and O–H groups in total. The second-order valence-corrected chi connectivity index (χ2v) is 7.16. The Kier molecular flexibility index (Phi) is 3.76. The maximum absolute atomic E-state index is 5.00. The van der Waals surface area contributed by atoms with E-state index in [0.717, 1.165) is 6.42 Å². The molecule has 1 saturated heterocycles. The molecule has 0 atom stereocenters. The summed E-state index contributed by atoms with van der Waals surface area (Å²) < 4.78 is 0. The van der Waals surface area contributed by atoms with Crippen molar-refractivity contribution in [2.24, 2.45) is 16.2 Å². The molecule has 0 aromatic rings. The molecule has 1 aliphatic heterocycles. The molecule has 0 bridgehead atoms. The van der Waals surface area contributed by atoms with Gasteiger partial charge >= 0.3 is 0 Å². The van der Waals surface area contributed by atoms with E-state index < -0.39 is 0 Å². The van der Waals surface area contributed by atoms with Gasteiger partial charge in [-0.3, -0.25) is 0 Å². The Hall–Kier alpha value is -0.0800. The van der Waals surface area contributed by atoms with Crippen LogP contribution in [0.5, 0.6) is 0 Å². The number of rotatable bonds is 4. The minimum absolute atomic E-state index is 0.0324. The molecule has 1 fully saturated rings. The first kappa shape index (κ1) is 14.0. The zero-order valence-corrected chi connectivity index (χ0v) is 12.0. The average molecular weight is 228 g/mol. The third-order valence-corrected chi connectivity index (χ3v) is 4.30. The van der Waals surface area contributed by atoms with Crippen molar-refractivity contribution < 1.29 is 9.78 Å². The first-order valence-corrected chi connectivity index (χ1v) is 6.46. The van der Waals surface area contributed by atoms with E-state index in [1.54, 1.807) is 0 Å². The highest BCUT2D eigenvalue weighted by atomic mass is 17.4. The van der Waals surface area contributed by atoms with Crippen LogP contribution in [0.2, 0.25) is 0 Å². The fraction of sp³-hybridized carbons (Fsp3) is 1.00. The SMILES string of the molecule is CCCC(CC1OO1)(C(C)(C)C)C(C)(C)C. The topological polar surface area (TPSA) is 25.1 Å². The highest BCUT2D eigenvalue weighted by Gasteiger charge is 2.53. The summed E-state index contributed by atoms with van der Waals surface area (Å²) in [6.07, 6.45) is 3.48. The van der Waals surface area contributed by atoms with Crippen LogP contribution in [0, 0.1) is 16.2 Å². The molecule has 0 unspecified atom stereocenters. The normalized spacial score (nSPS) is 18.9. The van der Waals surface area contributed by atoms with Crippen molar-refractivity contribution >= 4 is 0 Å². The molecule has 0 aromatic carbocycles. The van der Waals surface area contributed by atoms with Gasteiger partial charge in [-0.15, -0.1) is 0 Å². The van der Waals surface area contributed by atoms with Gasteiger partial charge in [0.2, 0.25) is 6.29 Å². The van der Waals surface area contributed by atoms with Gasteiger partial charge in [-0.05, 0) is 22.7 Å². The summed E-state index contributed by atoms with van der Waals surface area (Å²) >= 11 is 0. The molecule has 0 amide bonds. The Morgan fingerprint density at radius 2 is 1.31 bits per heavy atom. The molecular formula is C14H28O2. The van der Waals surface area contributed by atoms with Gasteiger partial charge in [0.15, 0.2) is 0 Å². The van der Waals surface area contributed by atoms with Crippen LogP contribution in [-0.4, -0.2) is 6.29 Å². The van der Waals surface area contributed by atoms with Crippen LogP contribution in [0.1, 0.15) is 67.7 Å². The first-order valence-electron chi connectivity index (χ1n) is 6.46. The van der Waals surface area contributed by atoms with Crippen molar-refractivity contribution in [3.8, 4) is 0 Å². The van der Waals surface area contributed by atoms with E-state index in [-0.39, 0.29) is 22.5 Å². The van der Waals surface area contributed by atoms with Crippen molar-refractivity contribution in [1.29, 1.82) is 0 Å². The summed E-state index contributed by atoms with van der Waals surface area (Å²) in [6, 6.07) is 0. The van der Waals surface area contributed by atoms with E-state index in [0.29, 0.717) is 0 Å². The maximum atomic E-state index is 5.00. The maximum Gasteiger partial charge on any atom is 0.225 e. The van der Waals surface area contributed by atoms with Crippen molar-refractivity contribution in [3.63, 3.8) is 0 Å². The van der Waals surface area contributed by atoms with E-state index in [9.17, 15) is 0 Å². The lowest BCUT2D eigenvalue weighted by Crippen LogP contribution is -2.47. The Balaban J connectivity index is 3.02. The van der Waals surface area contributed by atoms with E-state index >= 15 is 0 Å². The lowest BCUT2D eigenvalue weighted by Gasteiger charge is -2.54. The van der Waals surface area contributed by atoms with Crippen LogP contribution in [-0.2, 0) is 9.78 Å². The van der Waals surface area contributed by atoms with E-state index in [2.05, 4.69) is 48.5 Å². The summed E-state index contributed by atoms with van der Waals surface area (Å²) in [7, 11) is 0.